The maximum absolute atomic E-state index is 12.1. The molecule has 114 valence electrons. The first-order chi connectivity index (χ1) is 9.67. The van der Waals surface area contributed by atoms with Crippen LogP contribution in [0.3, 0.4) is 0 Å². The van der Waals surface area contributed by atoms with Crippen molar-refractivity contribution >= 4 is 17.7 Å². The maximum Gasteiger partial charge on any atom is 0.410 e. The van der Waals surface area contributed by atoms with Crippen LogP contribution in [0.4, 0.5) is 10.5 Å². The fourth-order valence-electron chi connectivity index (χ4n) is 2.23. The Morgan fingerprint density at radius 3 is 2.38 bits per heavy atom. The van der Waals surface area contributed by atoms with Crippen LogP contribution < -0.4 is 4.90 Å². The van der Waals surface area contributed by atoms with Crippen LogP contribution in [0.5, 0.6) is 0 Å². The number of hydrogen-bond acceptors (Lipinski definition) is 3. The average molecular weight is 290 g/mol. The topological polar surface area (TPSA) is 49.9 Å². The highest BCUT2D eigenvalue weighted by molar-refractivity contribution is 5.91. The molecule has 21 heavy (non-hydrogen) atoms. The van der Waals surface area contributed by atoms with Gasteiger partial charge in [-0.2, -0.15) is 0 Å². The van der Waals surface area contributed by atoms with E-state index in [0.29, 0.717) is 13.1 Å². The normalized spacial score (nSPS) is 13.9. The molecule has 0 unspecified atom stereocenters. The lowest BCUT2D eigenvalue weighted by Crippen LogP contribution is -2.33. The Morgan fingerprint density at radius 2 is 1.81 bits per heavy atom. The third-order valence-corrected chi connectivity index (χ3v) is 3.42. The molecule has 0 saturated carbocycles. The monoisotopic (exact) mass is 290 g/mol. The Bertz CT molecular complexity index is 575. The molecular formula is C16H22N2O3. The predicted molar refractivity (Wildman–Crippen MR) is 81.0 cm³/mol. The molecule has 0 saturated heterocycles. The third kappa shape index (κ3) is 3.54. The van der Waals surface area contributed by atoms with E-state index in [1.54, 1.807) is 16.8 Å². The van der Waals surface area contributed by atoms with Crippen LogP contribution in [-0.4, -0.2) is 29.5 Å². The summed E-state index contributed by atoms with van der Waals surface area (Å²) in [5, 5.41) is 0. The first-order valence-electron chi connectivity index (χ1n) is 7.01. The molecule has 2 rings (SSSR count). The van der Waals surface area contributed by atoms with Gasteiger partial charge in [0.05, 0.1) is 0 Å². The van der Waals surface area contributed by atoms with Crippen LogP contribution in [0.25, 0.3) is 0 Å². The van der Waals surface area contributed by atoms with Gasteiger partial charge in [-0.05, 0) is 44.0 Å². The Labute approximate surface area is 125 Å². The summed E-state index contributed by atoms with van der Waals surface area (Å²) in [4.78, 5) is 26.8. The van der Waals surface area contributed by atoms with Crippen molar-refractivity contribution in [3.05, 3.63) is 29.3 Å². The average Bonchev–Trinajstić information content (AvgIpc) is 2.78. The summed E-state index contributed by atoms with van der Waals surface area (Å²) < 4.78 is 5.39. The number of benzene rings is 1. The summed E-state index contributed by atoms with van der Waals surface area (Å²) in [6.45, 7) is 8.16. The van der Waals surface area contributed by atoms with E-state index in [-0.39, 0.29) is 12.0 Å². The van der Waals surface area contributed by atoms with E-state index < -0.39 is 5.60 Å². The molecule has 0 aromatic heterocycles. The van der Waals surface area contributed by atoms with Crippen LogP contribution in [0.2, 0.25) is 0 Å². The minimum atomic E-state index is -0.494. The summed E-state index contributed by atoms with van der Waals surface area (Å²) >= 11 is 0. The summed E-state index contributed by atoms with van der Waals surface area (Å²) in [5.41, 5.74) is 2.51. The van der Waals surface area contributed by atoms with E-state index in [0.717, 1.165) is 16.8 Å². The minimum absolute atomic E-state index is 0.0167. The molecule has 0 radical (unpaired) electrons. The quantitative estimate of drug-likeness (QED) is 0.799. The minimum Gasteiger partial charge on any atom is -0.444 e. The Balaban J connectivity index is 2.12. The van der Waals surface area contributed by atoms with E-state index >= 15 is 0 Å². The fourth-order valence-corrected chi connectivity index (χ4v) is 2.23. The molecule has 0 bridgehead atoms. The Morgan fingerprint density at radius 1 is 1.19 bits per heavy atom. The van der Waals surface area contributed by atoms with Gasteiger partial charge in [-0.3, -0.25) is 9.69 Å². The highest BCUT2D eigenvalue weighted by Crippen LogP contribution is 2.28. The van der Waals surface area contributed by atoms with E-state index in [1.165, 1.54) is 6.92 Å². The van der Waals surface area contributed by atoms with Gasteiger partial charge in [0.15, 0.2) is 0 Å². The fraction of sp³-hybridized carbons (Fsp3) is 0.500. The number of fused-ring (bicyclic) bond motifs is 1. The maximum atomic E-state index is 12.1. The Hall–Kier alpha value is -2.04. The van der Waals surface area contributed by atoms with Crippen molar-refractivity contribution in [2.75, 3.05) is 11.9 Å². The zero-order valence-electron chi connectivity index (χ0n) is 13.3. The summed E-state index contributed by atoms with van der Waals surface area (Å²) in [6, 6.07) is 5.83. The van der Waals surface area contributed by atoms with Gasteiger partial charge in [0, 0.05) is 32.7 Å². The highest BCUT2D eigenvalue weighted by atomic mass is 16.6. The van der Waals surface area contributed by atoms with Crippen LogP contribution in [0, 0.1) is 0 Å². The molecule has 1 aliphatic heterocycles. The smallest absolute Gasteiger partial charge is 0.410 e. The van der Waals surface area contributed by atoms with E-state index in [1.807, 2.05) is 39.0 Å². The molecule has 0 N–H and O–H groups in total. The van der Waals surface area contributed by atoms with E-state index in [4.69, 9.17) is 4.74 Å². The first-order valence-corrected chi connectivity index (χ1v) is 7.01. The van der Waals surface area contributed by atoms with Crippen LogP contribution in [0.15, 0.2) is 18.2 Å². The number of rotatable bonds is 1. The lowest BCUT2D eigenvalue weighted by atomic mass is 10.1. The van der Waals surface area contributed by atoms with Gasteiger partial charge in [-0.25, -0.2) is 4.79 Å². The second kappa shape index (κ2) is 5.39. The van der Waals surface area contributed by atoms with Crippen molar-refractivity contribution < 1.29 is 14.3 Å². The summed E-state index contributed by atoms with van der Waals surface area (Å²) in [6.07, 6.45) is -0.305. The lowest BCUT2D eigenvalue weighted by Gasteiger charge is -2.24. The van der Waals surface area contributed by atoms with Crippen LogP contribution in [-0.2, 0) is 22.6 Å². The van der Waals surface area contributed by atoms with Gasteiger partial charge < -0.3 is 9.64 Å². The van der Waals surface area contributed by atoms with Crippen LogP contribution in [0.1, 0.15) is 38.8 Å². The molecule has 5 nitrogen and oxygen atoms in total. The van der Waals surface area contributed by atoms with E-state index in [9.17, 15) is 9.59 Å². The van der Waals surface area contributed by atoms with Gasteiger partial charge in [0.2, 0.25) is 5.91 Å². The number of nitrogens with zero attached hydrogens (tertiary/aromatic N) is 2. The number of ether oxygens (including phenoxy) is 1. The number of carbonyl (C=O) groups is 2. The van der Waals surface area contributed by atoms with Crippen molar-refractivity contribution in [2.24, 2.45) is 0 Å². The number of amides is 2. The third-order valence-electron chi connectivity index (χ3n) is 3.42. The van der Waals surface area contributed by atoms with Crippen molar-refractivity contribution in [2.45, 2.75) is 46.4 Å². The van der Waals surface area contributed by atoms with Crippen molar-refractivity contribution in [3.8, 4) is 0 Å². The molecular weight excluding hydrogens is 268 g/mol. The van der Waals surface area contributed by atoms with Gasteiger partial charge in [0.25, 0.3) is 0 Å². The van der Waals surface area contributed by atoms with Crippen molar-refractivity contribution in [3.63, 3.8) is 0 Å². The zero-order chi connectivity index (χ0) is 15.8. The molecule has 1 aromatic rings. The number of anilines is 1. The first kappa shape index (κ1) is 15.4. The summed E-state index contributed by atoms with van der Waals surface area (Å²) in [7, 11) is 1.74. The second-order valence-corrected chi connectivity index (χ2v) is 6.37. The van der Waals surface area contributed by atoms with Gasteiger partial charge in [-0.15, -0.1) is 0 Å². The molecule has 1 aromatic carbocycles. The van der Waals surface area contributed by atoms with Gasteiger partial charge in [-0.1, -0.05) is 6.07 Å². The standard InChI is InChI=1S/C16H22N2O3/c1-11(19)17(5)14-7-6-12-9-18(10-13(12)8-14)15(20)21-16(2,3)4/h6-8H,9-10H2,1-5H3. The number of carbonyl (C=O) groups excluding carboxylic acids is 2. The molecule has 2 amide bonds. The van der Waals surface area contributed by atoms with Gasteiger partial charge in [0.1, 0.15) is 5.60 Å². The second-order valence-electron chi connectivity index (χ2n) is 6.37. The largest absolute Gasteiger partial charge is 0.444 e. The Kier molecular flexibility index (Phi) is 3.94. The molecule has 0 spiro atoms. The number of hydrogen-bond donors (Lipinski definition) is 0. The molecule has 0 aliphatic carbocycles. The molecule has 0 atom stereocenters. The predicted octanol–water partition coefficient (Wildman–Crippen LogP) is 2.92. The lowest BCUT2D eigenvalue weighted by molar-refractivity contribution is -0.116. The SMILES string of the molecule is CC(=O)N(C)c1ccc2c(c1)CN(C(=O)OC(C)(C)C)C2. The highest BCUT2D eigenvalue weighted by Gasteiger charge is 2.28. The van der Waals surface area contributed by atoms with Crippen molar-refractivity contribution in [1.29, 1.82) is 0 Å². The molecule has 1 aliphatic rings. The molecule has 5 heteroatoms. The summed E-state index contributed by atoms with van der Waals surface area (Å²) in [5.74, 6) is -0.0167. The zero-order valence-corrected chi connectivity index (χ0v) is 13.3. The van der Waals surface area contributed by atoms with Crippen molar-refractivity contribution in [1.82, 2.24) is 4.90 Å². The molecule has 0 fully saturated rings. The van der Waals surface area contributed by atoms with E-state index in [2.05, 4.69) is 0 Å². The van der Waals surface area contributed by atoms with Gasteiger partial charge >= 0.3 is 6.09 Å². The molecule has 1 heterocycles. The van der Waals surface area contributed by atoms with Crippen LogP contribution >= 0.6 is 0 Å².